The van der Waals surface area contributed by atoms with Gasteiger partial charge >= 0.3 is 52.6 Å². The molecule has 0 saturated heterocycles. The van der Waals surface area contributed by atoms with E-state index in [2.05, 4.69) is 10.2 Å². The van der Waals surface area contributed by atoms with Gasteiger partial charge in [-0.15, -0.1) is 0 Å². The fraction of sp³-hybridized carbons (Fsp3) is 0.667. The van der Waals surface area contributed by atoms with Crippen LogP contribution in [-0.2, 0) is 0 Å². The molecule has 0 aliphatic heterocycles. The van der Waals surface area contributed by atoms with Crippen LogP contribution in [0.25, 0.3) is 0 Å². The molecule has 0 atom stereocenters. The average Bonchev–Trinajstić information content (AvgIpc) is 1.61. The van der Waals surface area contributed by atoms with Crippen molar-refractivity contribution in [2.75, 3.05) is 9.48 Å². The zero-order valence-corrected chi connectivity index (χ0v) is 6.23. The van der Waals surface area contributed by atoms with Crippen LogP contribution in [0.3, 0.4) is 0 Å². The summed E-state index contributed by atoms with van der Waals surface area (Å²) in [6.07, 6.45) is 0. The van der Waals surface area contributed by atoms with Gasteiger partial charge in [-0.25, -0.2) is 0 Å². The van der Waals surface area contributed by atoms with Gasteiger partial charge < -0.3 is 0 Å². The van der Waals surface area contributed by atoms with E-state index in [-0.39, 0.29) is 21.2 Å². The molecule has 0 aliphatic carbocycles. The molecule has 0 aromatic carbocycles. The monoisotopic (exact) mass is 215 g/mol. The number of alkyl halides is 2. The summed E-state index contributed by atoms with van der Waals surface area (Å²) in [7, 11) is 0. The molecule has 0 spiro atoms. The summed E-state index contributed by atoms with van der Waals surface area (Å²) in [6, 6.07) is -0.415. The minimum absolute atomic E-state index is 0.162. The molecule has 2 amide bonds. The van der Waals surface area contributed by atoms with Crippen LogP contribution in [0, 0.1) is 0 Å². The van der Waals surface area contributed by atoms with Crippen molar-refractivity contribution >= 4 is 6.03 Å². The zero-order valence-electron chi connectivity index (χ0n) is 4.07. The van der Waals surface area contributed by atoms with Crippen LogP contribution in [0.1, 0.15) is 0 Å². The second-order valence-electron chi connectivity index (χ2n) is 0.942. The van der Waals surface area contributed by atoms with Gasteiger partial charge in [-0.05, 0) is 0 Å². The number of urea groups is 1. The Kier molecular flexibility index (Phi) is 4.17. The third-order valence-electron chi connectivity index (χ3n) is 0.375. The molecule has 3 nitrogen and oxygen atoms in total. The Labute approximate surface area is 52.9 Å². The summed E-state index contributed by atoms with van der Waals surface area (Å²) >= 11 is 0.162. The van der Waals surface area contributed by atoms with Crippen LogP contribution >= 0.6 is 0 Å². The van der Waals surface area contributed by atoms with E-state index in [1.165, 1.54) is 0 Å². The van der Waals surface area contributed by atoms with E-state index in [4.69, 9.17) is 5.73 Å². The standard InChI is InChI=1S/C3H8IN2O/c1-4-2-6-3(5)7/h2H2,1H3,(H3,5,6,7)/q-1. The summed E-state index contributed by atoms with van der Waals surface area (Å²) < 4.78 is 0.786. The van der Waals surface area contributed by atoms with Crippen LogP contribution in [0.4, 0.5) is 4.79 Å². The molecule has 4 heteroatoms. The Morgan fingerprint density at radius 3 is 2.71 bits per heavy atom. The molecule has 3 N–H and O–H groups in total. The number of carbonyl (C=O) groups is 1. The van der Waals surface area contributed by atoms with Gasteiger partial charge in [0.05, 0.1) is 0 Å². The first kappa shape index (κ1) is 7.00. The molecule has 0 heterocycles. The Balaban J connectivity index is 2.82. The quantitative estimate of drug-likeness (QED) is 0.278. The average molecular weight is 215 g/mol. The van der Waals surface area contributed by atoms with Crippen molar-refractivity contribution in [1.29, 1.82) is 0 Å². The maximum absolute atomic E-state index is 9.89. The van der Waals surface area contributed by atoms with Crippen molar-refractivity contribution in [2.45, 2.75) is 0 Å². The topological polar surface area (TPSA) is 55.1 Å². The van der Waals surface area contributed by atoms with E-state index < -0.39 is 6.03 Å². The van der Waals surface area contributed by atoms with Crippen molar-refractivity contribution in [2.24, 2.45) is 5.73 Å². The summed E-state index contributed by atoms with van der Waals surface area (Å²) in [5.74, 6) is 0. The summed E-state index contributed by atoms with van der Waals surface area (Å²) in [4.78, 5) is 12.0. The number of amides is 2. The van der Waals surface area contributed by atoms with E-state index in [0.29, 0.717) is 0 Å². The molecule has 0 unspecified atom stereocenters. The third-order valence-corrected chi connectivity index (χ3v) is 1.52. The number of carbonyl (C=O) groups excluding carboxylic acids is 1. The van der Waals surface area contributed by atoms with Crippen LogP contribution in [0.5, 0.6) is 0 Å². The SMILES string of the molecule is C[I-]CNC(N)=O. The van der Waals surface area contributed by atoms with Gasteiger partial charge in [0.25, 0.3) is 0 Å². The molecule has 0 fully saturated rings. The van der Waals surface area contributed by atoms with E-state index in [1.807, 2.05) is 0 Å². The van der Waals surface area contributed by atoms with Gasteiger partial charge in [0.2, 0.25) is 0 Å². The predicted octanol–water partition coefficient (Wildman–Crippen LogP) is -3.67. The normalized spacial score (nSPS) is 8.71. The number of hydrogen-bond donors (Lipinski definition) is 2. The van der Waals surface area contributed by atoms with Crippen LogP contribution < -0.4 is 32.3 Å². The number of rotatable bonds is 2. The summed E-state index contributed by atoms with van der Waals surface area (Å²) in [5.41, 5.74) is 4.75. The fourth-order valence-electron chi connectivity index (χ4n) is 0.133. The zero-order chi connectivity index (χ0) is 5.70. The molecule has 0 aromatic rings. The number of hydrogen-bond acceptors (Lipinski definition) is 1. The van der Waals surface area contributed by atoms with Crippen molar-refractivity contribution in [3.63, 3.8) is 0 Å². The van der Waals surface area contributed by atoms with Crippen molar-refractivity contribution < 1.29 is 26.0 Å². The van der Waals surface area contributed by atoms with Crippen molar-refractivity contribution in [3.8, 4) is 0 Å². The molecular formula is C3H8IN2O-. The van der Waals surface area contributed by atoms with E-state index >= 15 is 0 Å². The molecule has 0 bridgehead atoms. The molecule has 0 aliphatic rings. The van der Waals surface area contributed by atoms with E-state index in [0.717, 1.165) is 4.55 Å². The number of primary amides is 1. The van der Waals surface area contributed by atoms with E-state index in [1.54, 1.807) is 0 Å². The van der Waals surface area contributed by atoms with Crippen LogP contribution in [-0.4, -0.2) is 15.5 Å². The predicted molar refractivity (Wildman–Crippen MR) is 23.5 cm³/mol. The molecular weight excluding hydrogens is 207 g/mol. The fourth-order valence-corrected chi connectivity index (χ4v) is 0.890. The first-order valence-corrected chi connectivity index (χ1v) is 5.42. The number of halogens is 1. The van der Waals surface area contributed by atoms with Crippen molar-refractivity contribution in [1.82, 2.24) is 5.32 Å². The van der Waals surface area contributed by atoms with Crippen LogP contribution in [0.15, 0.2) is 0 Å². The number of nitrogens with one attached hydrogen (secondary N) is 1. The Bertz CT molecular complexity index is 66.0. The van der Waals surface area contributed by atoms with Gasteiger partial charge in [-0.2, -0.15) is 0 Å². The first-order valence-electron chi connectivity index (χ1n) is 1.74. The van der Waals surface area contributed by atoms with Gasteiger partial charge in [0.15, 0.2) is 0 Å². The van der Waals surface area contributed by atoms with Crippen molar-refractivity contribution in [3.05, 3.63) is 0 Å². The second-order valence-corrected chi connectivity index (χ2v) is 3.23. The van der Waals surface area contributed by atoms with E-state index in [9.17, 15) is 4.79 Å². The van der Waals surface area contributed by atoms with Crippen LogP contribution in [0.2, 0.25) is 0 Å². The Morgan fingerprint density at radius 2 is 2.57 bits per heavy atom. The second kappa shape index (κ2) is 4.17. The first-order chi connectivity index (χ1) is 3.27. The molecule has 44 valence electrons. The maximum atomic E-state index is 9.89. The van der Waals surface area contributed by atoms with Gasteiger partial charge in [-0.1, -0.05) is 0 Å². The minimum atomic E-state index is -0.415. The molecule has 0 saturated carbocycles. The Hall–Kier alpha value is 0. The van der Waals surface area contributed by atoms with Gasteiger partial charge in [0, 0.05) is 0 Å². The summed E-state index contributed by atoms with van der Waals surface area (Å²) in [6.45, 7) is 0. The summed E-state index contributed by atoms with van der Waals surface area (Å²) in [5, 5.41) is 2.48. The Morgan fingerprint density at radius 1 is 2.00 bits per heavy atom. The number of nitrogens with two attached hydrogens (primary N) is 1. The third kappa shape index (κ3) is 6.00. The van der Waals surface area contributed by atoms with Gasteiger partial charge in [-0.3, -0.25) is 0 Å². The molecule has 0 aromatic heterocycles. The molecule has 0 rings (SSSR count). The van der Waals surface area contributed by atoms with Gasteiger partial charge in [0.1, 0.15) is 0 Å². The molecule has 7 heavy (non-hydrogen) atoms. The molecule has 0 radical (unpaired) electrons.